The van der Waals surface area contributed by atoms with E-state index >= 15 is 0 Å². The van der Waals surface area contributed by atoms with Crippen LogP contribution in [0.1, 0.15) is 22.8 Å². The van der Waals surface area contributed by atoms with Gasteiger partial charge in [-0.2, -0.15) is 0 Å². The SMILES string of the molecule is Cc1noc(C)c1CN(C)CCc1nc2ccc(F)cc2[nH]1. The molecule has 0 spiro atoms. The number of aryl methyl sites for hydroxylation is 2. The van der Waals surface area contributed by atoms with Crippen LogP contribution in [-0.4, -0.2) is 33.6 Å². The van der Waals surface area contributed by atoms with Crippen molar-refractivity contribution in [2.45, 2.75) is 26.8 Å². The van der Waals surface area contributed by atoms with Gasteiger partial charge in [0.05, 0.1) is 16.7 Å². The summed E-state index contributed by atoms with van der Waals surface area (Å²) in [5.41, 5.74) is 3.60. The predicted octanol–water partition coefficient (Wildman–Crippen LogP) is 2.98. The van der Waals surface area contributed by atoms with Gasteiger partial charge in [0.1, 0.15) is 17.4 Å². The minimum absolute atomic E-state index is 0.252. The number of hydrogen-bond acceptors (Lipinski definition) is 4. The second-order valence-electron chi connectivity index (χ2n) is 5.64. The molecule has 116 valence electrons. The lowest BCUT2D eigenvalue weighted by Gasteiger charge is -2.15. The molecular formula is C16H19FN4O. The van der Waals surface area contributed by atoms with Gasteiger partial charge >= 0.3 is 0 Å². The summed E-state index contributed by atoms with van der Waals surface area (Å²) in [7, 11) is 2.05. The number of rotatable bonds is 5. The van der Waals surface area contributed by atoms with E-state index in [1.165, 1.54) is 12.1 Å². The Hall–Kier alpha value is -2.21. The molecule has 6 heteroatoms. The Morgan fingerprint density at radius 1 is 1.32 bits per heavy atom. The number of halogens is 1. The molecule has 5 nitrogen and oxygen atoms in total. The van der Waals surface area contributed by atoms with Crippen LogP contribution >= 0.6 is 0 Å². The van der Waals surface area contributed by atoms with Gasteiger partial charge in [0, 0.05) is 25.1 Å². The molecule has 0 fully saturated rings. The number of fused-ring (bicyclic) bond motifs is 1. The quantitative estimate of drug-likeness (QED) is 0.787. The maximum absolute atomic E-state index is 13.2. The average Bonchev–Trinajstić information content (AvgIpc) is 3.02. The Bertz CT molecular complexity index is 773. The molecule has 3 aromatic rings. The molecule has 0 saturated heterocycles. The van der Waals surface area contributed by atoms with E-state index in [-0.39, 0.29) is 5.82 Å². The summed E-state index contributed by atoms with van der Waals surface area (Å²) in [4.78, 5) is 9.84. The summed E-state index contributed by atoms with van der Waals surface area (Å²) >= 11 is 0. The van der Waals surface area contributed by atoms with Crippen LogP contribution in [0, 0.1) is 19.7 Å². The van der Waals surface area contributed by atoms with Crippen molar-refractivity contribution < 1.29 is 8.91 Å². The molecule has 2 aromatic heterocycles. The first-order chi connectivity index (χ1) is 10.5. The van der Waals surface area contributed by atoms with Crippen molar-refractivity contribution in [1.82, 2.24) is 20.0 Å². The minimum atomic E-state index is -0.252. The van der Waals surface area contributed by atoms with Crippen LogP contribution in [0.2, 0.25) is 0 Å². The molecule has 0 bridgehead atoms. The van der Waals surface area contributed by atoms with Gasteiger partial charge in [0.15, 0.2) is 0 Å². The Balaban J connectivity index is 1.63. The van der Waals surface area contributed by atoms with Gasteiger partial charge in [0.25, 0.3) is 0 Å². The predicted molar refractivity (Wildman–Crippen MR) is 82.1 cm³/mol. The summed E-state index contributed by atoms with van der Waals surface area (Å²) in [5.74, 6) is 1.48. The van der Waals surface area contributed by atoms with Crippen LogP contribution in [0.3, 0.4) is 0 Å². The molecule has 0 aliphatic carbocycles. The molecule has 0 atom stereocenters. The minimum Gasteiger partial charge on any atom is -0.361 e. The fraction of sp³-hybridized carbons (Fsp3) is 0.375. The van der Waals surface area contributed by atoms with Crippen LogP contribution in [0.4, 0.5) is 4.39 Å². The molecule has 0 amide bonds. The van der Waals surface area contributed by atoms with Crippen LogP contribution in [0.25, 0.3) is 11.0 Å². The van der Waals surface area contributed by atoms with Crippen LogP contribution in [0.15, 0.2) is 22.7 Å². The van der Waals surface area contributed by atoms with Crippen LogP contribution in [0.5, 0.6) is 0 Å². The largest absolute Gasteiger partial charge is 0.361 e. The highest BCUT2D eigenvalue weighted by Gasteiger charge is 2.12. The standard InChI is InChI=1S/C16H19FN4O/c1-10-13(11(2)22-20-10)9-21(3)7-6-16-18-14-5-4-12(17)8-15(14)19-16/h4-5,8H,6-7,9H2,1-3H3,(H,18,19). The van der Waals surface area contributed by atoms with E-state index in [2.05, 4.69) is 20.0 Å². The van der Waals surface area contributed by atoms with Crippen molar-refractivity contribution in [3.05, 3.63) is 46.9 Å². The zero-order chi connectivity index (χ0) is 15.7. The van der Waals surface area contributed by atoms with Crippen molar-refractivity contribution in [1.29, 1.82) is 0 Å². The summed E-state index contributed by atoms with van der Waals surface area (Å²) in [6.07, 6.45) is 0.774. The molecule has 1 N–H and O–H groups in total. The van der Waals surface area contributed by atoms with Gasteiger partial charge < -0.3 is 14.4 Å². The molecule has 0 aliphatic heterocycles. The number of likely N-dealkylation sites (N-methyl/N-ethyl adjacent to an activating group) is 1. The summed E-state index contributed by atoms with van der Waals surface area (Å²) in [6, 6.07) is 4.59. The highest BCUT2D eigenvalue weighted by molar-refractivity contribution is 5.74. The van der Waals surface area contributed by atoms with Crippen LogP contribution in [-0.2, 0) is 13.0 Å². The molecule has 2 heterocycles. The van der Waals surface area contributed by atoms with Crippen LogP contribution < -0.4 is 0 Å². The Kier molecular flexibility index (Phi) is 3.94. The third kappa shape index (κ3) is 3.01. The summed E-state index contributed by atoms with van der Waals surface area (Å²) < 4.78 is 18.4. The molecule has 22 heavy (non-hydrogen) atoms. The number of imidazole rings is 1. The highest BCUT2D eigenvalue weighted by Crippen LogP contribution is 2.15. The van der Waals surface area contributed by atoms with E-state index in [4.69, 9.17) is 4.52 Å². The van der Waals surface area contributed by atoms with Crippen molar-refractivity contribution in [3.8, 4) is 0 Å². The average molecular weight is 302 g/mol. The first kappa shape index (κ1) is 14.7. The Labute approximate surface area is 128 Å². The van der Waals surface area contributed by atoms with Gasteiger partial charge in [-0.25, -0.2) is 9.37 Å². The summed E-state index contributed by atoms with van der Waals surface area (Å²) in [6.45, 7) is 5.51. The molecule has 3 rings (SSSR count). The first-order valence-electron chi connectivity index (χ1n) is 7.27. The van der Waals surface area contributed by atoms with Crippen molar-refractivity contribution >= 4 is 11.0 Å². The normalized spacial score (nSPS) is 11.7. The van der Waals surface area contributed by atoms with Crippen molar-refractivity contribution in [2.75, 3.05) is 13.6 Å². The van der Waals surface area contributed by atoms with E-state index < -0.39 is 0 Å². The van der Waals surface area contributed by atoms with Gasteiger partial charge in [-0.15, -0.1) is 0 Å². The van der Waals surface area contributed by atoms with Gasteiger partial charge in [0.2, 0.25) is 0 Å². The maximum atomic E-state index is 13.2. The Morgan fingerprint density at radius 3 is 2.86 bits per heavy atom. The van der Waals surface area contributed by atoms with E-state index in [1.807, 2.05) is 20.9 Å². The van der Waals surface area contributed by atoms with E-state index in [0.717, 1.165) is 53.4 Å². The molecule has 0 radical (unpaired) electrons. The zero-order valence-corrected chi connectivity index (χ0v) is 13.0. The lowest BCUT2D eigenvalue weighted by atomic mass is 10.2. The fourth-order valence-electron chi connectivity index (χ4n) is 2.53. The van der Waals surface area contributed by atoms with Crippen molar-refractivity contribution in [2.24, 2.45) is 0 Å². The highest BCUT2D eigenvalue weighted by atomic mass is 19.1. The second-order valence-corrected chi connectivity index (χ2v) is 5.64. The van der Waals surface area contributed by atoms with E-state index in [9.17, 15) is 4.39 Å². The molecule has 0 unspecified atom stereocenters. The number of H-pyrrole nitrogens is 1. The second kappa shape index (κ2) is 5.88. The molecule has 0 aliphatic rings. The third-order valence-electron chi connectivity index (χ3n) is 3.83. The third-order valence-corrected chi connectivity index (χ3v) is 3.83. The zero-order valence-electron chi connectivity index (χ0n) is 13.0. The lowest BCUT2D eigenvalue weighted by Crippen LogP contribution is -2.21. The molecular weight excluding hydrogens is 283 g/mol. The monoisotopic (exact) mass is 302 g/mol. The number of nitrogens with one attached hydrogen (secondary N) is 1. The molecule has 0 saturated carbocycles. The number of nitrogens with zero attached hydrogens (tertiary/aromatic N) is 3. The maximum Gasteiger partial charge on any atom is 0.138 e. The van der Waals surface area contributed by atoms with Crippen molar-refractivity contribution in [3.63, 3.8) is 0 Å². The number of aromatic nitrogens is 3. The fourth-order valence-corrected chi connectivity index (χ4v) is 2.53. The molecule has 1 aromatic carbocycles. The first-order valence-corrected chi connectivity index (χ1v) is 7.27. The lowest BCUT2D eigenvalue weighted by molar-refractivity contribution is 0.324. The van der Waals surface area contributed by atoms with Gasteiger partial charge in [-0.1, -0.05) is 5.16 Å². The smallest absolute Gasteiger partial charge is 0.138 e. The van der Waals surface area contributed by atoms with E-state index in [1.54, 1.807) is 6.07 Å². The Morgan fingerprint density at radius 2 is 2.14 bits per heavy atom. The van der Waals surface area contributed by atoms with Gasteiger partial charge in [-0.05, 0) is 39.1 Å². The van der Waals surface area contributed by atoms with E-state index in [0.29, 0.717) is 0 Å². The number of aromatic amines is 1. The topological polar surface area (TPSA) is 58.0 Å². The number of hydrogen-bond donors (Lipinski definition) is 1. The summed E-state index contributed by atoms with van der Waals surface area (Å²) in [5, 5.41) is 3.97. The number of benzene rings is 1. The van der Waals surface area contributed by atoms with Gasteiger partial charge in [-0.3, -0.25) is 0 Å².